The van der Waals surface area contributed by atoms with Crippen molar-refractivity contribution >= 4 is 23.2 Å². The highest BCUT2D eigenvalue weighted by Crippen LogP contribution is 2.44. The summed E-state index contributed by atoms with van der Waals surface area (Å²) in [5, 5.41) is 24.9. The van der Waals surface area contributed by atoms with Gasteiger partial charge in [0, 0.05) is 0 Å². The molecule has 2 amide bonds. The number of hydrogen-bond donors (Lipinski definition) is 4. The Morgan fingerprint density at radius 1 is 1.19 bits per heavy atom. The van der Waals surface area contributed by atoms with E-state index >= 15 is 0 Å². The summed E-state index contributed by atoms with van der Waals surface area (Å²) in [5.41, 5.74) is -3.62. The van der Waals surface area contributed by atoms with Gasteiger partial charge in [-0.1, -0.05) is 18.2 Å². The molecule has 0 unspecified atom stereocenters. The van der Waals surface area contributed by atoms with Crippen LogP contribution in [-0.2, 0) is 0 Å². The number of carbonyl (C=O) groups excluding carboxylic acids is 2. The molecule has 0 bridgehead atoms. The third-order valence-corrected chi connectivity index (χ3v) is 4.99. The highest BCUT2D eigenvalue weighted by molar-refractivity contribution is 7.12. The smallest absolute Gasteiger partial charge is 0.437 e. The van der Waals surface area contributed by atoms with Crippen molar-refractivity contribution in [3.8, 4) is 5.75 Å². The van der Waals surface area contributed by atoms with Crippen molar-refractivity contribution in [2.45, 2.75) is 17.9 Å². The summed E-state index contributed by atoms with van der Waals surface area (Å²) in [7, 11) is 0. The number of aromatic hydroxyl groups is 1. The van der Waals surface area contributed by atoms with Crippen molar-refractivity contribution < 1.29 is 33.0 Å². The maximum atomic E-state index is 13.6. The zero-order valence-corrected chi connectivity index (χ0v) is 13.8. The molecule has 138 valence electrons. The number of hydrogen-bond acceptors (Lipinski definition) is 5. The van der Waals surface area contributed by atoms with Crippen LogP contribution >= 0.6 is 11.3 Å². The lowest BCUT2D eigenvalue weighted by molar-refractivity contribution is -0.287. The number of carbonyl (C=O) groups is 2. The van der Waals surface area contributed by atoms with E-state index in [4.69, 9.17) is 0 Å². The van der Waals surface area contributed by atoms with Gasteiger partial charge < -0.3 is 20.8 Å². The lowest BCUT2D eigenvalue weighted by atomic mass is 9.78. The molecule has 1 aliphatic heterocycles. The summed E-state index contributed by atoms with van der Waals surface area (Å²) in [4.78, 5) is 24.6. The van der Waals surface area contributed by atoms with E-state index in [1.165, 1.54) is 47.1 Å². The van der Waals surface area contributed by atoms with Gasteiger partial charge in [-0.3, -0.25) is 4.79 Å². The molecule has 0 spiro atoms. The van der Waals surface area contributed by atoms with E-state index < -0.39 is 35.7 Å². The summed E-state index contributed by atoms with van der Waals surface area (Å²) in [5.74, 6) is -3.17. The van der Waals surface area contributed by atoms with E-state index in [0.717, 1.165) is 11.3 Å². The van der Waals surface area contributed by atoms with Crippen molar-refractivity contribution in [1.82, 2.24) is 10.6 Å². The van der Waals surface area contributed by atoms with Crippen LogP contribution in [0.5, 0.6) is 5.75 Å². The molecule has 6 nitrogen and oxygen atoms in total. The summed E-state index contributed by atoms with van der Waals surface area (Å²) in [6.45, 7) is 0. The fourth-order valence-corrected chi connectivity index (χ4v) is 3.57. The average Bonchev–Trinajstić information content (AvgIpc) is 3.08. The molecule has 3 rings (SSSR count). The fourth-order valence-electron chi connectivity index (χ4n) is 2.87. The number of ketones is 1. The normalized spacial score (nSPS) is 26.1. The van der Waals surface area contributed by atoms with Gasteiger partial charge in [0.1, 0.15) is 11.7 Å². The molecule has 1 aliphatic rings. The molecule has 1 saturated heterocycles. The van der Waals surface area contributed by atoms with Crippen LogP contribution in [0, 0.1) is 5.92 Å². The molecular formula is C16H13F3N2O4S. The molecule has 26 heavy (non-hydrogen) atoms. The van der Waals surface area contributed by atoms with Gasteiger partial charge in [0.2, 0.25) is 5.72 Å². The number of halogens is 3. The predicted octanol–water partition coefficient (Wildman–Crippen LogP) is 2.56. The first kappa shape index (κ1) is 18.2. The first-order chi connectivity index (χ1) is 12.1. The molecule has 0 aliphatic carbocycles. The topological polar surface area (TPSA) is 98.7 Å². The SMILES string of the molecule is O=C1N[C@H](c2ccc(O)cc2)[C@@H](C(=O)c2cccs2)[C@@](O)(C(F)(F)F)N1. The lowest BCUT2D eigenvalue weighted by Gasteiger charge is -2.44. The number of phenols is 1. The average molecular weight is 386 g/mol. The monoisotopic (exact) mass is 386 g/mol. The van der Waals surface area contributed by atoms with Crippen molar-refractivity contribution in [1.29, 1.82) is 0 Å². The Kier molecular flexibility index (Phi) is 4.41. The van der Waals surface area contributed by atoms with Gasteiger partial charge in [-0.2, -0.15) is 13.2 Å². The number of benzene rings is 1. The van der Waals surface area contributed by atoms with Crippen molar-refractivity contribution in [3.05, 3.63) is 52.2 Å². The molecule has 2 heterocycles. The zero-order valence-electron chi connectivity index (χ0n) is 12.9. The van der Waals surface area contributed by atoms with Crippen LogP contribution < -0.4 is 10.6 Å². The largest absolute Gasteiger partial charge is 0.508 e. The highest BCUT2D eigenvalue weighted by Gasteiger charge is 2.66. The minimum absolute atomic E-state index is 0.0133. The Bertz CT molecular complexity index is 823. The predicted molar refractivity (Wildman–Crippen MR) is 85.7 cm³/mol. The van der Waals surface area contributed by atoms with Crippen LogP contribution in [0.15, 0.2) is 41.8 Å². The van der Waals surface area contributed by atoms with E-state index in [0.29, 0.717) is 0 Å². The van der Waals surface area contributed by atoms with Gasteiger partial charge >= 0.3 is 12.2 Å². The molecule has 3 atom stereocenters. The Morgan fingerprint density at radius 2 is 1.85 bits per heavy atom. The quantitative estimate of drug-likeness (QED) is 0.610. The number of rotatable bonds is 3. The molecule has 2 aromatic rings. The summed E-state index contributed by atoms with van der Waals surface area (Å²) in [6.07, 6.45) is -5.29. The second kappa shape index (κ2) is 6.29. The van der Waals surface area contributed by atoms with E-state index in [1.807, 2.05) is 0 Å². The van der Waals surface area contributed by atoms with Gasteiger partial charge in [0.25, 0.3) is 0 Å². The summed E-state index contributed by atoms with van der Waals surface area (Å²) >= 11 is 0.928. The second-order valence-electron chi connectivity index (χ2n) is 5.75. The van der Waals surface area contributed by atoms with Crippen molar-refractivity contribution in [2.75, 3.05) is 0 Å². The highest BCUT2D eigenvalue weighted by atomic mass is 32.1. The van der Waals surface area contributed by atoms with Gasteiger partial charge in [-0.25, -0.2) is 4.79 Å². The second-order valence-corrected chi connectivity index (χ2v) is 6.70. The van der Waals surface area contributed by atoms with Crippen LogP contribution in [0.3, 0.4) is 0 Å². The molecule has 10 heteroatoms. The number of Topliss-reactive ketones (excluding diaryl/α,β-unsaturated/α-hetero) is 1. The molecule has 0 saturated carbocycles. The molecular weight excluding hydrogens is 373 g/mol. The number of urea groups is 1. The summed E-state index contributed by atoms with van der Waals surface area (Å²) < 4.78 is 40.9. The Hall–Kier alpha value is -2.59. The number of amides is 2. The maximum Gasteiger partial charge on any atom is 0.437 e. The first-order valence-corrected chi connectivity index (χ1v) is 8.26. The van der Waals surface area contributed by atoms with Crippen LogP contribution in [0.4, 0.5) is 18.0 Å². The summed E-state index contributed by atoms with van der Waals surface area (Å²) in [6, 6.07) is 5.09. The fraction of sp³-hybridized carbons (Fsp3) is 0.250. The first-order valence-electron chi connectivity index (χ1n) is 7.38. The molecule has 1 aromatic heterocycles. The van der Waals surface area contributed by atoms with Gasteiger partial charge in [-0.05, 0) is 29.1 Å². The molecule has 4 N–H and O–H groups in total. The van der Waals surface area contributed by atoms with Crippen molar-refractivity contribution in [2.24, 2.45) is 5.92 Å². The van der Waals surface area contributed by atoms with E-state index in [9.17, 15) is 33.0 Å². The Morgan fingerprint density at radius 3 is 2.38 bits per heavy atom. The minimum Gasteiger partial charge on any atom is -0.508 e. The zero-order chi connectivity index (χ0) is 19.1. The van der Waals surface area contributed by atoms with Crippen molar-refractivity contribution in [3.63, 3.8) is 0 Å². The lowest BCUT2D eigenvalue weighted by Crippen LogP contribution is -2.72. The van der Waals surface area contributed by atoms with E-state index in [-0.39, 0.29) is 16.2 Å². The molecule has 1 aromatic carbocycles. The number of thiophene rings is 1. The number of phenolic OH excluding ortho intramolecular Hbond substituents is 1. The third-order valence-electron chi connectivity index (χ3n) is 4.10. The maximum absolute atomic E-state index is 13.6. The number of alkyl halides is 3. The van der Waals surface area contributed by atoms with Crippen LogP contribution in [0.1, 0.15) is 21.3 Å². The van der Waals surface area contributed by atoms with E-state index in [2.05, 4.69) is 5.32 Å². The van der Waals surface area contributed by atoms with Crippen LogP contribution in [-0.4, -0.2) is 33.9 Å². The minimum atomic E-state index is -5.29. The van der Waals surface area contributed by atoms with Gasteiger partial charge in [0.05, 0.1) is 10.9 Å². The van der Waals surface area contributed by atoms with Crippen LogP contribution in [0.25, 0.3) is 0 Å². The third kappa shape index (κ3) is 3.01. The van der Waals surface area contributed by atoms with E-state index in [1.54, 1.807) is 0 Å². The standard InChI is InChI=1S/C16H13F3N2O4S/c17-16(18,19)15(25)11(13(23)10-2-1-7-26-10)12(20-14(24)21-15)8-3-5-9(22)6-4-8/h1-7,11-12,22,25H,(H2,20,21,24)/t11-,12+,15+/m0/s1. The Labute approximate surface area is 149 Å². The number of nitrogens with one attached hydrogen (secondary N) is 2. The van der Waals surface area contributed by atoms with Gasteiger partial charge in [-0.15, -0.1) is 11.3 Å². The molecule has 1 fully saturated rings. The van der Waals surface area contributed by atoms with Gasteiger partial charge in [0.15, 0.2) is 5.78 Å². The van der Waals surface area contributed by atoms with Crippen LogP contribution in [0.2, 0.25) is 0 Å². The number of aliphatic hydroxyl groups is 1. The molecule has 0 radical (unpaired) electrons. The Balaban J connectivity index is 2.14.